The summed E-state index contributed by atoms with van der Waals surface area (Å²) in [7, 11) is 0. The number of alkyl halides is 3. The topological polar surface area (TPSA) is 65.4 Å². The molecule has 3 aromatic rings. The number of carbonyl (C=O) groups excluding carboxylic acids is 1. The molecule has 2 heterocycles. The van der Waals surface area contributed by atoms with Crippen LogP contribution in [-0.4, -0.2) is 28.7 Å². The summed E-state index contributed by atoms with van der Waals surface area (Å²) in [5.74, 6) is -1.05. The summed E-state index contributed by atoms with van der Waals surface area (Å²) >= 11 is 0. The van der Waals surface area contributed by atoms with E-state index in [0.717, 1.165) is 10.1 Å². The third-order valence-corrected chi connectivity index (χ3v) is 4.47. The number of nitrogens with one attached hydrogen (secondary N) is 1. The van der Waals surface area contributed by atoms with E-state index in [2.05, 4.69) is 10.3 Å². The van der Waals surface area contributed by atoms with Crippen LogP contribution in [0.2, 0.25) is 0 Å². The number of halogens is 3. The summed E-state index contributed by atoms with van der Waals surface area (Å²) in [6.45, 7) is 2.12. The van der Waals surface area contributed by atoms with Crippen LogP contribution in [0.1, 0.15) is 17.8 Å². The van der Waals surface area contributed by atoms with Crippen LogP contribution in [0, 0.1) is 6.92 Å². The molecule has 29 heavy (non-hydrogen) atoms. The van der Waals surface area contributed by atoms with Crippen LogP contribution in [0.3, 0.4) is 0 Å². The Morgan fingerprint density at radius 3 is 2.59 bits per heavy atom. The van der Waals surface area contributed by atoms with Gasteiger partial charge in [0.05, 0.1) is 24.2 Å². The molecule has 0 saturated carbocycles. The lowest BCUT2D eigenvalue weighted by Gasteiger charge is -2.13. The number of amides is 1. The molecule has 1 aliphatic rings. The molecule has 1 N–H and O–H groups in total. The molecule has 0 atom stereocenters. The molecular formula is C20H18F3N3O3. The van der Waals surface area contributed by atoms with E-state index < -0.39 is 24.5 Å². The van der Waals surface area contributed by atoms with E-state index in [1.165, 1.54) is 12.1 Å². The summed E-state index contributed by atoms with van der Waals surface area (Å²) < 4.78 is 52.7. The Kier molecular flexibility index (Phi) is 4.81. The van der Waals surface area contributed by atoms with Gasteiger partial charge in [0, 0.05) is 24.2 Å². The van der Waals surface area contributed by atoms with Gasteiger partial charge < -0.3 is 19.4 Å². The number of hydrogen-bond acceptors (Lipinski definition) is 4. The van der Waals surface area contributed by atoms with Gasteiger partial charge in [0.25, 0.3) is 0 Å². The highest BCUT2D eigenvalue weighted by Gasteiger charge is 2.38. The predicted molar refractivity (Wildman–Crippen MR) is 100 cm³/mol. The highest BCUT2D eigenvalue weighted by atomic mass is 19.4. The molecule has 9 heteroatoms. The first-order chi connectivity index (χ1) is 13.8. The second-order valence-corrected chi connectivity index (χ2v) is 6.78. The molecule has 0 spiro atoms. The summed E-state index contributed by atoms with van der Waals surface area (Å²) in [5.41, 5.74) is 1.68. The summed E-state index contributed by atoms with van der Waals surface area (Å²) in [5, 5.41) is 2.63. The van der Waals surface area contributed by atoms with E-state index in [9.17, 15) is 18.0 Å². The van der Waals surface area contributed by atoms with Crippen molar-refractivity contribution in [3.8, 4) is 11.5 Å². The number of ether oxygens (including phenoxy) is 2. The van der Waals surface area contributed by atoms with Gasteiger partial charge in [-0.15, -0.1) is 0 Å². The van der Waals surface area contributed by atoms with Gasteiger partial charge in [-0.1, -0.05) is 12.1 Å². The smallest absolute Gasteiger partial charge is 0.449 e. The molecule has 1 aromatic heterocycles. The number of nitrogens with zero attached hydrogens (tertiary/aromatic N) is 2. The average molecular weight is 405 g/mol. The summed E-state index contributed by atoms with van der Waals surface area (Å²) in [6, 6.07) is 9.88. The third kappa shape index (κ3) is 3.98. The molecule has 2 aromatic carbocycles. The van der Waals surface area contributed by atoms with Gasteiger partial charge in [0.1, 0.15) is 6.54 Å². The van der Waals surface area contributed by atoms with Crippen molar-refractivity contribution in [1.82, 2.24) is 9.55 Å². The number of fused-ring (bicyclic) bond motifs is 2. The Labute approximate surface area is 164 Å². The molecule has 4 rings (SSSR count). The normalized spacial score (nSPS) is 13.9. The average Bonchev–Trinajstić information content (AvgIpc) is 2.83. The lowest BCUT2D eigenvalue weighted by atomic mass is 10.2. The monoisotopic (exact) mass is 405 g/mol. The maximum absolute atomic E-state index is 13.6. The first-order valence-electron chi connectivity index (χ1n) is 9.05. The molecule has 0 bridgehead atoms. The van der Waals surface area contributed by atoms with E-state index >= 15 is 0 Å². The fourth-order valence-corrected chi connectivity index (χ4v) is 3.22. The first kappa shape index (κ1) is 19.1. The highest BCUT2D eigenvalue weighted by Crippen LogP contribution is 2.37. The second-order valence-electron chi connectivity index (χ2n) is 6.78. The Morgan fingerprint density at radius 1 is 1.17 bits per heavy atom. The summed E-state index contributed by atoms with van der Waals surface area (Å²) in [4.78, 5) is 16.2. The van der Waals surface area contributed by atoms with Crippen LogP contribution in [0.4, 0.5) is 18.9 Å². The number of aromatic nitrogens is 2. The lowest BCUT2D eigenvalue weighted by molar-refractivity contribution is -0.147. The zero-order chi connectivity index (χ0) is 20.6. The zero-order valence-corrected chi connectivity index (χ0v) is 15.5. The molecule has 0 radical (unpaired) electrons. The van der Waals surface area contributed by atoms with Crippen molar-refractivity contribution in [2.45, 2.75) is 26.1 Å². The lowest BCUT2D eigenvalue weighted by Crippen LogP contribution is -2.23. The largest absolute Gasteiger partial charge is 0.489 e. The van der Waals surface area contributed by atoms with E-state index in [4.69, 9.17) is 9.47 Å². The van der Waals surface area contributed by atoms with Gasteiger partial charge in [-0.2, -0.15) is 13.2 Å². The molecule has 0 unspecified atom stereocenters. The minimum atomic E-state index is -4.72. The van der Waals surface area contributed by atoms with Crippen molar-refractivity contribution in [3.63, 3.8) is 0 Å². The fourth-order valence-electron chi connectivity index (χ4n) is 3.22. The number of anilines is 1. The van der Waals surface area contributed by atoms with Crippen molar-refractivity contribution in [1.29, 1.82) is 0 Å². The van der Waals surface area contributed by atoms with Crippen molar-refractivity contribution < 1.29 is 27.4 Å². The number of aryl methyl sites for hydroxylation is 1. The maximum atomic E-state index is 13.6. The molecular weight excluding hydrogens is 387 g/mol. The van der Waals surface area contributed by atoms with E-state index in [1.54, 1.807) is 18.2 Å². The maximum Gasteiger partial charge on any atom is 0.449 e. The quantitative estimate of drug-likeness (QED) is 0.711. The molecule has 1 aliphatic heterocycles. The molecule has 152 valence electrons. The predicted octanol–water partition coefficient (Wildman–Crippen LogP) is 4.16. The third-order valence-electron chi connectivity index (χ3n) is 4.47. The van der Waals surface area contributed by atoms with Gasteiger partial charge in [0.2, 0.25) is 11.7 Å². The Balaban J connectivity index is 1.72. The Hall–Kier alpha value is -3.23. The highest BCUT2D eigenvalue weighted by molar-refractivity contribution is 5.92. The van der Waals surface area contributed by atoms with Crippen LogP contribution < -0.4 is 14.8 Å². The standard InChI is InChI=1S/C20H18F3N3O3/c1-12-4-2-5-13(8-12)24-18(27)11-26-15-10-17-16(28-6-3-7-29-17)9-14(15)25-19(26)20(21,22)23/h2,4-5,8-10H,3,6-7,11H2,1H3,(H,24,27). The van der Waals surface area contributed by atoms with E-state index in [1.807, 2.05) is 13.0 Å². The summed E-state index contributed by atoms with van der Waals surface area (Å²) in [6.07, 6.45) is -4.05. The van der Waals surface area contributed by atoms with Gasteiger partial charge >= 0.3 is 6.18 Å². The Morgan fingerprint density at radius 2 is 1.90 bits per heavy atom. The van der Waals surface area contributed by atoms with Crippen LogP contribution in [0.25, 0.3) is 11.0 Å². The van der Waals surface area contributed by atoms with Crippen LogP contribution in [-0.2, 0) is 17.5 Å². The minimum absolute atomic E-state index is 0.0879. The van der Waals surface area contributed by atoms with E-state index in [-0.39, 0.29) is 11.0 Å². The molecule has 0 fully saturated rings. The van der Waals surface area contributed by atoms with Gasteiger partial charge in [-0.3, -0.25) is 4.79 Å². The fraction of sp³-hybridized carbons (Fsp3) is 0.300. The van der Waals surface area contributed by atoms with Crippen molar-refractivity contribution in [3.05, 3.63) is 47.8 Å². The number of benzene rings is 2. The number of hydrogen-bond donors (Lipinski definition) is 1. The van der Waals surface area contributed by atoms with E-state index in [0.29, 0.717) is 36.8 Å². The van der Waals surface area contributed by atoms with Crippen molar-refractivity contribution in [2.75, 3.05) is 18.5 Å². The molecule has 1 amide bonds. The number of rotatable bonds is 3. The molecule has 0 aliphatic carbocycles. The van der Waals surface area contributed by atoms with Crippen LogP contribution >= 0.6 is 0 Å². The second kappa shape index (κ2) is 7.31. The van der Waals surface area contributed by atoms with Gasteiger partial charge in [-0.25, -0.2) is 4.98 Å². The van der Waals surface area contributed by atoms with Gasteiger partial charge in [0.15, 0.2) is 11.5 Å². The SMILES string of the molecule is Cc1cccc(NC(=O)Cn2c(C(F)(F)F)nc3cc4c(cc32)OCCCO4)c1. The molecule has 0 saturated heterocycles. The minimum Gasteiger partial charge on any atom is -0.489 e. The van der Waals surface area contributed by atoms with Crippen LogP contribution in [0.15, 0.2) is 36.4 Å². The molecule has 6 nitrogen and oxygen atoms in total. The first-order valence-corrected chi connectivity index (χ1v) is 9.05. The zero-order valence-electron chi connectivity index (χ0n) is 15.5. The number of imidazole rings is 1. The van der Waals surface area contributed by atoms with Crippen LogP contribution in [0.5, 0.6) is 11.5 Å². The van der Waals surface area contributed by atoms with Gasteiger partial charge in [-0.05, 0) is 24.6 Å². The van der Waals surface area contributed by atoms with Crippen molar-refractivity contribution >= 4 is 22.6 Å². The number of carbonyl (C=O) groups is 1. The van der Waals surface area contributed by atoms with Crippen molar-refractivity contribution in [2.24, 2.45) is 0 Å². The Bertz CT molecular complexity index is 1080.